The molecule has 0 spiro atoms. The first-order valence-electron chi connectivity index (χ1n) is 6.71. The SMILES string of the molecule is Brc1ccc2c(c1)nc(C1CCNC1)n2C1CC1. The molecule has 2 aromatic rings. The van der Waals surface area contributed by atoms with Gasteiger partial charge >= 0.3 is 0 Å². The van der Waals surface area contributed by atoms with Crippen LogP contribution in [0.5, 0.6) is 0 Å². The van der Waals surface area contributed by atoms with Crippen LogP contribution in [0.3, 0.4) is 0 Å². The average Bonchev–Trinajstić information content (AvgIpc) is 2.92. The van der Waals surface area contributed by atoms with Crippen LogP contribution >= 0.6 is 15.9 Å². The summed E-state index contributed by atoms with van der Waals surface area (Å²) >= 11 is 3.54. The van der Waals surface area contributed by atoms with Crippen LogP contribution in [0.1, 0.15) is 37.0 Å². The fourth-order valence-electron chi connectivity index (χ4n) is 2.97. The number of nitrogens with one attached hydrogen (secondary N) is 1. The van der Waals surface area contributed by atoms with E-state index in [9.17, 15) is 0 Å². The van der Waals surface area contributed by atoms with Crippen LogP contribution in [-0.4, -0.2) is 22.6 Å². The lowest BCUT2D eigenvalue weighted by molar-refractivity contribution is 0.622. The van der Waals surface area contributed by atoms with Gasteiger partial charge in [0.05, 0.1) is 11.0 Å². The third-order valence-electron chi connectivity index (χ3n) is 4.02. The van der Waals surface area contributed by atoms with Gasteiger partial charge in [0.15, 0.2) is 0 Å². The van der Waals surface area contributed by atoms with Gasteiger partial charge in [-0.15, -0.1) is 0 Å². The van der Waals surface area contributed by atoms with E-state index in [1.54, 1.807) is 0 Å². The Labute approximate surface area is 115 Å². The Morgan fingerprint density at radius 3 is 2.89 bits per heavy atom. The number of hydrogen-bond acceptors (Lipinski definition) is 2. The quantitative estimate of drug-likeness (QED) is 0.923. The van der Waals surface area contributed by atoms with Gasteiger partial charge in [0.2, 0.25) is 0 Å². The van der Waals surface area contributed by atoms with Crippen molar-refractivity contribution in [2.24, 2.45) is 0 Å². The molecule has 0 radical (unpaired) electrons. The Balaban J connectivity index is 1.91. The van der Waals surface area contributed by atoms with E-state index in [-0.39, 0.29) is 0 Å². The molecule has 0 amide bonds. The summed E-state index contributed by atoms with van der Waals surface area (Å²) in [5.74, 6) is 1.90. The Morgan fingerprint density at radius 2 is 2.17 bits per heavy atom. The summed E-state index contributed by atoms with van der Waals surface area (Å²) in [7, 11) is 0. The van der Waals surface area contributed by atoms with Gasteiger partial charge in [-0.3, -0.25) is 0 Å². The van der Waals surface area contributed by atoms with E-state index < -0.39 is 0 Å². The van der Waals surface area contributed by atoms with Gasteiger partial charge in [-0.1, -0.05) is 15.9 Å². The maximum absolute atomic E-state index is 4.91. The second-order valence-electron chi connectivity index (χ2n) is 5.39. The van der Waals surface area contributed by atoms with Crippen LogP contribution in [0, 0.1) is 0 Å². The molecule has 1 aliphatic carbocycles. The van der Waals surface area contributed by atoms with Crippen molar-refractivity contribution in [1.82, 2.24) is 14.9 Å². The number of rotatable bonds is 2. The molecule has 1 N–H and O–H groups in total. The average molecular weight is 306 g/mol. The zero-order chi connectivity index (χ0) is 12.1. The highest BCUT2D eigenvalue weighted by Gasteiger charge is 2.31. The normalized spacial score (nSPS) is 23.9. The minimum Gasteiger partial charge on any atom is -0.325 e. The second kappa shape index (κ2) is 4.07. The summed E-state index contributed by atoms with van der Waals surface area (Å²) in [6.45, 7) is 2.21. The van der Waals surface area contributed by atoms with Gasteiger partial charge in [0, 0.05) is 23.0 Å². The molecule has 2 fully saturated rings. The Kier molecular flexibility index (Phi) is 2.49. The number of aromatic nitrogens is 2. The Bertz CT molecular complexity index is 594. The fourth-order valence-corrected chi connectivity index (χ4v) is 3.32. The number of halogens is 1. The number of nitrogens with zero attached hydrogens (tertiary/aromatic N) is 2. The minimum absolute atomic E-state index is 0.594. The van der Waals surface area contributed by atoms with Crippen LogP contribution in [0.15, 0.2) is 22.7 Å². The smallest absolute Gasteiger partial charge is 0.114 e. The highest BCUT2D eigenvalue weighted by molar-refractivity contribution is 9.10. The van der Waals surface area contributed by atoms with Gasteiger partial charge in [-0.2, -0.15) is 0 Å². The predicted molar refractivity (Wildman–Crippen MR) is 75.9 cm³/mol. The zero-order valence-electron chi connectivity index (χ0n) is 10.2. The molecule has 0 bridgehead atoms. The highest BCUT2D eigenvalue weighted by atomic mass is 79.9. The summed E-state index contributed by atoms with van der Waals surface area (Å²) in [6.07, 6.45) is 3.85. The largest absolute Gasteiger partial charge is 0.325 e. The van der Waals surface area contributed by atoms with E-state index >= 15 is 0 Å². The standard InChI is InChI=1S/C14H16BrN3/c15-10-1-4-13-12(7-10)17-14(9-5-6-16-8-9)18(13)11-2-3-11/h1,4,7,9,11,16H,2-3,5-6,8H2. The van der Waals surface area contributed by atoms with Crippen molar-refractivity contribution in [3.8, 4) is 0 Å². The number of benzene rings is 1. The third-order valence-corrected chi connectivity index (χ3v) is 4.51. The lowest BCUT2D eigenvalue weighted by atomic mass is 10.1. The number of imidazole rings is 1. The van der Waals surface area contributed by atoms with Crippen LogP contribution in [0.25, 0.3) is 11.0 Å². The monoisotopic (exact) mass is 305 g/mol. The molecular weight excluding hydrogens is 290 g/mol. The summed E-state index contributed by atoms with van der Waals surface area (Å²) < 4.78 is 3.62. The number of fused-ring (bicyclic) bond motifs is 1. The van der Waals surface area contributed by atoms with E-state index in [1.807, 2.05) is 0 Å². The molecule has 1 atom stereocenters. The lowest BCUT2D eigenvalue weighted by Gasteiger charge is -2.12. The molecule has 1 aromatic heterocycles. The molecule has 4 heteroatoms. The van der Waals surface area contributed by atoms with Gasteiger partial charge < -0.3 is 9.88 Å². The van der Waals surface area contributed by atoms with E-state index in [1.165, 1.54) is 30.6 Å². The first-order valence-corrected chi connectivity index (χ1v) is 7.50. The van der Waals surface area contributed by atoms with Crippen LogP contribution in [0.2, 0.25) is 0 Å². The lowest BCUT2D eigenvalue weighted by Crippen LogP contribution is -2.12. The topological polar surface area (TPSA) is 29.9 Å². The van der Waals surface area contributed by atoms with Gasteiger partial charge in [0.1, 0.15) is 5.82 Å². The summed E-state index contributed by atoms with van der Waals surface area (Å²) in [6, 6.07) is 7.17. The molecular formula is C14H16BrN3. The molecule has 2 heterocycles. The van der Waals surface area contributed by atoms with Crippen LogP contribution in [-0.2, 0) is 0 Å². The fraction of sp³-hybridized carbons (Fsp3) is 0.500. The van der Waals surface area contributed by atoms with Crippen molar-refractivity contribution in [1.29, 1.82) is 0 Å². The molecule has 2 aliphatic rings. The molecule has 1 saturated heterocycles. The minimum atomic E-state index is 0.594. The Hall–Kier alpha value is -0.870. The summed E-state index contributed by atoms with van der Waals surface area (Å²) in [4.78, 5) is 4.91. The molecule has 1 unspecified atom stereocenters. The van der Waals surface area contributed by atoms with Crippen molar-refractivity contribution in [2.75, 3.05) is 13.1 Å². The van der Waals surface area contributed by atoms with Crippen LogP contribution in [0.4, 0.5) is 0 Å². The molecule has 4 rings (SSSR count). The molecule has 1 aliphatic heterocycles. The second-order valence-corrected chi connectivity index (χ2v) is 6.31. The van der Waals surface area contributed by atoms with E-state index in [4.69, 9.17) is 4.98 Å². The summed E-state index contributed by atoms with van der Waals surface area (Å²) in [5.41, 5.74) is 2.45. The first-order chi connectivity index (χ1) is 8.83. The van der Waals surface area contributed by atoms with E-state index in [0.717, 1.165) is 23.1 Å². The molecule has 1 saturated carbocycles. The van der Waals surface area contributed by atoms with Crippen molar-refractivity contribution < 1.29 is 0 Å². The maximum atomic E-state index is 4.91. The van der Waals surface area contributed by atoms with Gasteiger partial charge in [-0.05, 0) is 44.0 Å². The maximum Gasteiger partial charge on any atom is 0.114 e. The molecule has 3 nitrogen and oxygen atoms in total. The van der Waals surface area contributed by atoms with Crippen molar-refractivity contribution >= 4 is 27.0 Å². The van der Waals surface area contributed by atoms with Gasteiger partial charge in [0.25, 0.3) is 0 Å². The van der Waals surface area contributed by atoms with Crippen molar-refractivity contribution in [2.45, 2.75) is 31.2 Å². The zero-order valence-corrected chi connectivity index (χ0v) is 11.8. The predicted octanol–water partition coefficient (Wildman–Crippen LogP) is 3.21. The molecule has 1 aromatic carbocycles. The first kappa shape index (κ1) is 11.0. The third kappa shape index (κ3) is 1.70. The number of hydrogen-bond donors (Lipinski definition) is 1. The van der Waals surface area contributed by atoms with Crippen molar-refractivity contribution in [3.63, 3.8) is 0 Å². The highest BCUT2D eigenvalue weighted by Crippen LogP contribution is 2.41. The van der Waals surface area contributed by atoms with Crippen LogP contribution < -0.4 is 5.32 Å². The van der Waals surface area contributed by atoms with Crippen molar-refractivity contribution in [3.05, 3.63) is 28.5 Å². The Morgan fingerprint density at radius 1 is 1.28 bits per heavy atom. The molecule has 18 heavy (non-hydrogen) atoms. The van der Waals surface area contributed by atoms with Gasteiger partial charge in [-0.25, -0.2) is 4.98 Å². The van der Waals surface area contributed by atoms with E-state index in [0.29, 0.717) is 12.0 Å². The van der Waals surface area contributed by atoms with E-state index in [2.05, 4.69) is 44.0 Å². The summed E-state index contributed by atoms with van der Waals surface area (Å²) in [5, 5.41) is 3.45. The molecule has 94 valence electrons.